The minimum absolute atomic E-state index is 0. The van der Waals surface area contributed by atoms with Crippen LogP contribution >= 0.6 is 35.6 Å². The fourth-order valence-electron chi connectivity index (χ4n) is 3.61. The molecule has 2 aromatic carbocycles. The standard InChI is InChI=1S/C23H25Cl2N.ClH/c24-21-16-19(17-22(25)23(21)20-11-5-2-6-12-20)10-7-14-26-15-13-18-8-3-1-4-9-18;/h2,5-6,11-12,16-18,26H,1,3-4,8-9,13-15H2;1H. The molecule has 0 aliphatic heterocycles. The Kier molecular flexibility index (Phi) is 9.52. The Morgan fingerprint density at radius 1 is 0.963 bits per heavy atom. The first-order valence-corrected chi connectivity index (χ1v) is 10.2. The van der Waals surface area contributed by atoms with Gasteiger partial charge in [0, 0.05) is 11.1 Å². The Labute approximate surface area is 179 Å². The summed E-state index contributed by atoms with van der Waals surface area (Å²) in [5.74, 6) is 7.25. The molecule has 4 heteroatoms. The Morgan fingerprint density at radius 3 is 2.30 bits per heavy atom. The number of hydrogen-bond donors (Lipinski definition) is 1. The summed E-state index contributed by atoms with van der Waals surface area (Å²) in [4.78, 5) is 0. The minimum Gasteiger partial charge on any atom is -0.306 e. The van der Waals surface area contributed by atoms with E-state index < -0.39 is 0 Å². The first-order chi connectivity index (χ1) is 12.7. The quantitative estimate of drug-likeness (QED) is 0.404. The summed E-state index contributed by atoms with van der Waals surface area (Å²) in [6.07, 6.45) is 8.31. The van der Waals surface area contributed by atoms with E-state index in [1.54, 1.807) is 0 Å². The summed E-state index contributed by atoms with van der Waals surface area (Å²) in [6, 6.07) is 13.7. The molecule has 1 fully saturated rings. The monoisotopic (exact) mass is 421 g/mol. The summed E-state index contributed by atoms with van der Waals surface area (Å²) < 4.78 is 0. The highest BCUT2D eigenvalue weighted by atomic mass is 35.5. The normalized spacial score (nSPS) is 14.1. The zero-order valence-electron chi connectivity index (χ0n) is 15.4. The van der Waals surface area contributed by atoms with E-state index in [0.29, 0.717) is 16.6 Å². The molecule has 0 amide bonds. The lowest BCUT2D eigenvalue weighted by atomic mass is 9.87. The van der Waals surface area contributed by atoms with E-state index in [1.807, 2.05) is 42.5 Å². The number of benzene rings is 2. The van der Waals surface area contributed by atoms with Crippen LogP contribution in [0.5, 0.6) is 0 Å². The lowest BCUT2D eigenvalue weighted by molar-refractivity contribution is 0.336. The second-order valence-electron chi connectivity index (χ2n) is 6.95. The van der Waals surface area contributed by atoms with Crippen molar-refractivity contribution in [2.75, 3.05) is 13.1 Å². The number of halogens is 3. The molecule has 1 nitrogen and oxygen atoms in total. The van der Waals surface area contributed by atoms with Crippen LogP contribution in [0.2, 0.25) is 10.0 Å². The van der Waals surface area contributed by atoms with Gasteiger partial charge in [-0.15, -0.1) is 12.4 Å². The van der Waals surface area contributed by atoms with Crippen molar-refractivity contribution < 1.29 is 0 Å². The fourth-order valence-corrected chi connectivity index (χ4v) is 4.31. The zero-order chi connectivity index (χ0) is 18.2. The highest BCUT2D eigenvalue weighted by Crippen LogP contribution is 2.35. The van der Waals surface area contributed by atoms with Crippen LogP contribution in [-0.2, 0) is 0 Å². The third-order valence-corrected chi connectivity index (χ3v) is 5.60. The zero-order valence-corrected chi connectivity index (χ0v) is 17.8. The van der Waals surface area contributed by atoms with Gasteiger partial charge in [0.15, 0.2) is 0 Å². The van der Waals surface area contributed by atoms with Gasteiger partial charge in [0.2, 0.25) is 0 Å². The summed E-state index contributed by atoms with van der Waals surface area (Å²) in [5, 5.41) is 4.70. The second kappa shape index (κ2) is 11.6. The molecule has 0 unspecified atom stereocenters. The predicted molar refractivity (Wildman–Crippen MR) is 120 cm³/mol. The van der Waals surface area contributed by atoms with Crippen molar-refractivity contribution in [2.24, 2.45) is 5.92 Å². The van der Waals surface area contributed by atoms with Gasteiger partial charge >= 0.3 is 0 Å². The van der Waals surface area contributed by atoms with Crippen LogP contribution in [0, 0.1) is 17.8 Å². The van der Waals surface area contributed by atoms with Gasteiger partial charge in [-0.05, 0) is 36.6 Å². The molecule has 144 valence electrons. The lowest BCUT2D eigenvalue weighted by Gasteiger charge is -2.21. The lowest BCUT2D eigenvalue weighted by Crippen LogP contribution is -2.19. The van der Waals surface area contributed by atoms with Crippen LogP contribution in [0.3, 0.4) is 0 Å². The molecule has 1 aliphatic rings. The molecule has 0 bridgehead atoms. The van der Waals surface area contributed by atoms with Crippen LogP contribution in [0.4, 0.5) is 0 Å². The summed E-state index contributed by atoms with van der Waals surface area (Å²) >= 11 is 12.9. The van der Waals surface area contributed by atoms with E-state index in [0.717, 1.165) is 29.2 Å². The first-order valence-electron chi connectivity index (χ1n) is 9.48. The molecular formula is C23H26Cl3N. The van der Waals surface area contributed by atoms with Gasteiger partial charge in [0.05, 0.1) is 16.6 Å². The first kappa shape index (κ1) is 22.1. The smallest absolute Gasteiger partial charge is 0.0580 e. The van der Waals surface area contributed by atoms with Crippen LogP contribution in [0.25, 0.3) is 11.1 Å². The van der Waals surface area contributed by atoms with E-state index in [4.69, 9.17) is 23.2 Å². The Hall–Kier alpha value is -1.17. The Morgan fingerprint density at radius 2 is 1.63 bits per heavy atom. The van der Waals surface area contributed by atoms with E-state index in [-0.39, 0.29) is 12.4 Å². The van der Waals surface area contributed by atoms with Crippen LogP contribution in [0.1, 0.15) is 44.1 Å². The minimum atomic E-state index is 0. The Balaban J connectivity index is 0.00000261. The maximum Gasteiger partial charge on any atom is 0.0580 e. The number of nitrogens with one attached hydrogen (secondary N) is 1. The second-order valence-corrected chi connectivity index (χ2v) is 7.77. The molecule has 0 spiro atoms. The highest BCUT2D eigenvalue weighted by molar-refractivity contribution is 6.39. The number of rotatable bonds is 5. The molecule has 1 aliphatic carbocycles. The van der Waals surface area contributed by atoms with Crippen molar-refractivity contribution in [2.45, 2.75) is 38.5 Å². The molecule has 1 saturated carbocycles. The van der Waals surface area contributed by atoms with Crippen molar-refractivity contribution in [1.82, 2.24) is 5.32 Å². The van der Waals surface area contributed by atoms with Gasteiger partial charge < -0.3 is 5.32 Å². The fraction of sp³-hybridized carbons (Fsp3) is 0.391. The molecule has 2 aromatic rings. The Bertz CT molecular complexity index is 748. The van der Waals surface area contributed by atoms with Gasteiger partial charge in [-0.25, -0.2) is 0 Å². The molecule has 0 radical (unpaired) electrons. The van der Waals surface area contributed by atoms with E-state index in [1.165, 1.54) is 38.5 Å². The third-order valence-electron chi connectivity index (χ3n) is 5.00. The largest absolute Gasteiger partial charge is 0.306 e. The maximum absolute atomic E-state index is 6.45. The average Bonchev–Trinajstić information content (AvgIpc) is 2.66. The average molecular weight is 423 g/mol. The van der Waals surface area contributed by atoms with Crippen molar-refractivity contribution >= 4 is 35.6 Å². The van der Waals surface area contributed by atoms with Gasteiger partial charge in [0.25, 0.3) is 0 Å². The van der Waals surface area contributed by atoms with Gasteiger partial charge in [-0.1, -0.05) is 97.5 Å². The molecule has 0 atom stereocenters. The third kappa shape index (κ3) is 6.74. The van der Waals surface area contributed by atoms with Gasteiger partial charge in [-0.2, -0.15) is 0 Å². The molecule has 0 heterocycles. The van der Waals surface area contributed by atoms with E-state index in [2.05, 4.69) is 17.2 Å². The molecule has 1 N–H and O–H groups in total. The SMILES string of the molecule is Cl.Clc1cc(C#CCNCCC2CCCCC2)cc(Cl)c1-c1ccccc1. The topological polar surface area (TPSA) is 12.0 Å². The predicted octanol–water partition coefficient (Wildman–Crippen LogP) is 6.99. The van der Waals surface area contributed by atoms with Crippen molar-refractivity contribution in [3.05, 3.63) is 58.1 Å². The van der Waals surface area contributed by atoms with E-state index in [9.17, 15) is 0 Å². The highest BCUT2D eigenvalue weighted by Gasteiger charge is 2.12. The van der Waals surface area contributed by atoms with Crippen LogP contribution in [0.15, 0.2) is 42.5 Å². The molecule has 0 saturated heterocycles. The van der Waals surface area contributed by atoms with Crippen molar-refractivity contribution in [1.29, 1.82) is 0 Å². The molecular weight excluding hydrogens is 397 g/mol. The van der Waals surface area contributed by atoms with Crippen molar-refractivity contribution in [3.8, 4) is 23.0 Å². The molecule has 27 heavy (non-hydrogen) atoms. The van der Waals surface area contributed by atoms with Crippen molar-refractivity contribution in [3.63, 3.8) is 0 Å². The maximum atomic E-state index is 6.45. The summed E-state index contributed by atoms with van der Waals surface area (Å²) in [6.45, 7) is 1.75. The van der Waals surface area contributed by atoms with Gasteiger partial charge in [0.1, 0.15) is 0 Å². The number of hydrogen-bond acceptors (Lipinski definition) is 1. The summed E-state index contributed by atoms with van der Waals surface area (Å²) in [5.41, 5.74) is 2.74. The summed E-state index contributed by atoms with van der Waals surface area (Å²) in [7, 11) is 0. The van der Waals surface area contributed by atoms with E-state index >= 15 is 0 Å². The molecule has 3 rings (SSSR count). The van der Waals surface area contributed by atoms with Crippen LogP contribution in [-0.4, -0.2) is 13.1 Å². The van der Waals surface area contributed by atoms with Crippen LogP contribution < -0.4 is 5.32 Å². The molecule has 0 aromatic heterocycles. The van der Waals surface area contributed by atoms with Gasteiger partial charge in [-0.3, -0.25) is 0 Å².